The van der Waals surface area contributed by atoms with E-state index < -0.39 is 5.97 Å². The first-order valence-corrected chi connectivity index (χ1v) is 13.6. The maximum absolute atomic E-state index is 13.9. The predicted molar refractivity (Wildman–Crippen MR) is 154 cm³/mol. The number of carbonyl (C=O) groups excluding carboxylic acids is 1. The number of phenols is 1. The van der Waals surface area contributed by atoms with Crippen LogP contribution in [0.3, 0.4) is 0 Å². The molecule has 5 aromatic rings. The molecule has 40 heavy (non-hydrogen) atoms. The lowest BCUT2D eigenvalue weighted by Gasteiger charge is -2.16. The molecule has 2 aromatic carbocycles. The van der Waals surface area contributed by atoms with Gasteiger partial charge in [-0.1, -0.05) is 12.1 Å². The number of benzene rings is 2. The predicted octanol–water partition coefficient (Wildman–Crippen LogP) is 4.29. The molecule has 1 N–H and O–H groups in total. The fraction of sp³-hybridized carbons (Fsp3) is 0.241. The average Bonchev–Trinajstić information content (AvgIpc) is 3.64. The number of likely N-dealkylation sites (tertiary alicyclic amines) is 1. The molecular formula is C29H27BrN6O4. The standard InChI is InChI=1S/C29H27BrN6O4/c1-33-25(30)15-32-26(33)17-34-13-11-21(16-34)36-27-23(4-3-12-31-27)35(29(36)39)20-9-10-22(24(37)14-20)18-5-7-19(8-6-18)28(38)40-2/h3-10,12,14-15,21,37H,11,13,16-17H2,1-2H3/t21-/m0/s1. The Balaban J connectivity index is 1.32. The lowest BCUT2D eigenvalue weighted by atomic mass is 10.0. The topological polar surface area (TPSA) is 107 Å². The van der Waals surface area contributed by atoms with E-state index in [9.17, 15) is 14.7 Å². The Labute approximate surface area is 238 Å². The van der Waals surface area contributed by atoms with Crippen LogP contribution in [0.25, 0.3) is 28.0 Å². The monoisotopic (exact) mass is 602 g/mol. The van der Waals surface area contributed by atoms with Gasteiger partial charge in [-0.25, -0.2) is 19.6 Å². The number of aromatic hydroxyl groups is 1. The number of imidazole rings is 2. The van der Waals surface area contributed by atoms with Crippen LogP contribution in [-0.4, -0.2) is 59.8 Å². The number of esters is 1. The fourth-order valence-corrected chi connectivity index (χ4v) is 5.68. The number of ether oxygens (including phenoxy) is 1. The number of halogens is 1. The summed E-state index contributed by atoms with van der Waals surface area (Å²) in [7, 11) is 3.31. The fourth-order valence-electron chi connectivity index (χ4n) is 5.37. The minimum atomic E-state index is -0.425. The van der Waals surface area contributed by atoms with Gasteiger partial charge in [-0.05, 0) is 64.3 Å². The Morgan fingerprint density at radius 3 is 2.65 bits per heavy atom. The lowest BCUT2D eigenvalue weighted by Crippen LogP contribution is -2.29. The van der Waals surface area contributed by atoms with Crippen LogP contribution >= 0.6 is 15.9 Å². The largest absolute Gasteiger partial charge is 0.507 e. The van der Waals surface area contributed by atoms with E-state index in [0.29, 0.717) is 41.1 Å². The van der Waals surface area contributed by atoms with Crippen molar-refractivity contribution in [1.82, 2.24) is 28.6 Å². The molecule has 1 aliphatic heterocycles. The van der Waals surface area contributed by atoms with E-state index >= 15 is 0 Å². The molecule has 6 rings (SSSR count). The van der Waals surface area contributed by atoms with Gasteiger partial charge in [0.1, 0.15) is 16.2 Å². The first-order valence-electron chi connectivity index (χ1n) is 12.8. The molecule has 11 heteroatoms. The third-order valence-electron chi connectivity index (χ3n) is 7.49. The maximum Gasteiger partial charge on any atom is 0.337 e. The minimum absolute atomic E-state index is 0.0216. The molecule has 0 unspecified atom stereocenters. The summed E-state index contributed by atoms with van der Waals surface area (Å²) in [4.78, 5) is 37.0. The minimum Gasteiger partial charge on any atom is -0.507 e. The van der Waals surface area contributed by atoms with Gasteiger partial charge < -0.3 is 14.4 Å². The van der Waals surface area contributed by atoms with Gasteiger partial charge in [-0.3, -0.25) is 14.0 Å². The third kappa shape index (κ3) is 4.50. The molecule has 0 radical (unpaired) electrons. The van der Waals surface area contributed by atoms with Gasteiger partial charge in [-0.15, -0.1) is 0 Å². The SMILES string of the molecule is COC(=O)c1ccc(-c2ccc(-n3c(=O)n([C@H]4CCN(Cc5ncc(Br)n5C)C4)c4ncccc43)cc2O)cc1. The summed E-state index contributed by atoms with van der Waals surface area (Å²) in [5, 5.41) is 11.0. The van der Waals surface area contributed by atoms with Gasteiger partial charge in [0.25, 0.3) is 0 Å². The van der Waals surface area contributed by atoms with E-state index in [1.54, 1.807) is 70.1 Å². The highest BCUT2D eigenvalue weighted by molar-refractivity contribution is 9.10. The van der Waals surface area contributed by atoms with E-state index in [0.717, 1.165) is 29.0 Å². The van der Waals surface area contributed by atoms with Crippen molar-refractivity contribution in [2.75, 3.05) is 20.2 Å². The molecule has 204 valence electrons. The van der Waals surface area contributed by atoms with Crippen LogP contribution in [-0.2, 0) is 18.3 Å². The molecule has 0 amide bonds. The number of fused-ring (bicyclic) bond motifs is 1. The Morgan fingerprint density at radius 2 is 1.95 bits per heavy atom. The summed E-state index contributed by atoms with van der Waals surface area (Å²) in [5.74, 6) is 0.551. The van der Waals surface area contributed by atoms with Crippen LogP contribution in [0.5, 0.6) is 5.75 Å². The highest BCUT2D eigenvalue weighted by Crippen LogP contribution is 2.33. The van der Waals surface area contributed by atoms with Crippen molar-refractivity contribution < 1.29 is 14.6 Å². The van der Waals surface area contributed by atoms with Crippen LogP contribution in [0.2, 0.25) is 0 Å². The molecule has 1 aliphatic rings. The van der Waals surface area contributed by atoms with Crippen molar-refractivity contribution in [3.8, 4) is 22.6 Å². The zero-order chi connectivity index (χ0) is 28.0. The summed E-state index contributed by atoms with van der Waals surface area (Å²) in [6.45, 7) is 2.23. The van der Waals surface area contributed by atoms with Crippen molar-refractivity contribution in [3.63, 3.8) is 0 Å². The second-order valence-corrected chi connectivity index (χ2v) is 10.7. The second kappa shape index (κ2) is 10.4. The zero-order valence-corrected chi connectivity index (χ0v) is 23.6. The van der Waals surface area contributed by atoms with Gasteiger partial charge in [0.2, 0.25) is 0 Å². The quantitative estimate of drug-likeness (QED) is 0.289. The van der Waals surface area contributed by atoms with Gasteiger partial charge in [0.05, 0.1) is 42.7 Å². The summed E-state index contributed by atoms with van der Waals surface area (Å²) in [6, 6.07) is 15.6. The van der Waals surface area contributed by atoms with E-state index in [-0.39, 0.29) is 17.5 Å². The van der Waals surface area contributed by atoms with Crippen LogP contribution in [0, 0.1) is 0 Å². The molecule has 3 aromatic heterocycles. The number of carbonyl (C=O) groups is 1. The maximum atomic E-state index is 13.9. The number of rotatable bonds is 6. The molecule has 0 bridgehead atoms. The lowest BCUT2D eigenvalue weighted by molar-refractivity contribution is 0.0600. The van der Waals surface area contributed by atoms with E-state index in [1.165, 1.54) is 7.11 Å². The second-order valence-electron chi connectivity index (χ2n) is 9.84. The van der Waals surface area contributed by atoms with E-state index in [1.807, 2.05) is 17.7 Å². The van der Waals surface area contributed by atoms with Crippen molar-refractivity contribution in [1.29, 1.82) is 0 Å². The smallest absolute Gasteiger partial charge is 0.337 e. The Kier molecular flexibility index (Phi) is 6.77. The first kappa shape index (κ1) is 26.0. The van der Waals surface area contributed by atoms with Gasteiger partial charge in [0, 0.05) is 38.0 Å². The van der Waals surface area contributed by atoms with Gasteiger partial charge >= 0.3 is 11.7 Å². The van der Waals surface area contributed by atoms with Crippen molar-refractivity contribution in [2.45, 2.75) is 19.0 Å². The molecule has 10 nitrogen and oxygen atoms in total. The number of methoxy groups -OCH3 is 1. The summed E-state index contributed by atoms with van der Waals surface area (Å²) >= 11 is 3.50. The molecule has 0 aliphatic carbocycles. The van der Waals surface area contributed by atoms with Crippen LogP contribution < -0.4 is 5.69 Å². The number of hydrogen-bond acceptors (Lipinski definition) is 7. The normalized spacial score (nSPS) is 15.6. The highest BCUT2D eigenvalue weighted by Gasteiger charge is 2.29. The van der Waals surface area contributed by atoms with Crippen molar-refractivity contribution >= 4 is 33.1 Å². The highest BCUT2D eigenvalue weighted by atomic mass is 79.9. The Morgan fingerprint density at radius 1 is 1.15 bits per heavy atom. The number of hydrogen-bond donors (Lipinski definition) is 1. The number of pyridine rings is 1. The number of nitrogens with zero attached hydrogens (tertiary/aromatic N) is 6. The van der Waals surface area contributed by atoms with Gasteiger partial charge in [-0.2, -0.15) is 0 Å². The molecule has 0 saturated carbocycles. The molecule has 1 fully saturated rings. The first-order chi connectivity index (χ1) is 19.4. The molecule has 1 saturated heterocycles. The Bertz CT molecular complexity index is 1790. The van der Waals surface area contributed by atoms with E-state index in [4.69, 9.17) is 4.74 Å². The van der Waals surface area contributed by atoms with Crippen molar-refractivity contribution in [3.05, 3.63) is 93.5 Å². The van der Waals surface area contributed by atoms with Crippen molar-refractivity contribution in [2.24, 2.45) is 7.05 Å². The Hall–Kier alpha value is -4.22. The number of aromatic nitrogens is 5. The van der Waals surface area contributed by atoms with Crippen LogP contribution in [0.15, 0.2) is 76.4 Å². The van der Waals surface area contributed by atoms with Gasteiger partial charge in [0.15, 0.2) is 5.65 Å². The third-order valence-corrected chi connectivity index (χ3v) is 8.23. The summed E-state index contributed by atoms with van der Waals surface area (Å²) < 4.78 is 11.1. The van der Waals surface area contributed by atoms with Crippen LogP contribution in [0.4, 0.5) is 0 Å². The average molecular weight is 603 g/mol. The number of phenolic OH excluding ortho intramolecular Hbond substituents is 1. The van der Waals surface area contributed by atoms with Crippen LogP contribution in [0.1, 0.15) is 28.6 Å². The molecule has 4 heterocycles. The van der Waals surface area contributed by atoms with E-state index in [2.05, 4.69) is 30.8 Å². The molecular weight excluding hydrogens is 576 g/mol. The molecule has 0 spiro atoms. The molecule has 1 atom stereocenters. The summed E-state index contributed by atoms with van der Waals surface area (Å²) in [5.41, 5.74) is 3.38. The summed E-state index contributed by atoms with van der Waals surface area (Å²) in [6.07, 6.45) is 4.30. The zero-order valence-electron chi connectivity index (χ0n) is 22.0.